The number of nitrogens with one attached hydrogen (secondary N) is 1. The number of alkyl halides is 3. The Labute approximate surface area is 189 Å². The van der Waals surface area contributed by atoms with Crippen LogP contribution in [0.5, 0.6) is 0 Å². The van der Waals surface area contributed by atoms with Gasteiger partial charge in [0.15, 0.2) is 5.82 Å². The minimum atomic E-state index is -4.40. The third kappa shape index (κ3) is 5.15. The Hall–Kier alpha value is -3.43. The van der Waals surface area contributed by atoms with Crippen LogP contribution in [0.15, 0.2) is 42.9 Å². The highest BCUT2D eigenvalue weighted by Gasteiger charge is 2.31. The predicted molar refractivity (Wildman–Crippen MR) is 118 cm³/mol. The van der Waals surface area contributed by atoms with Gasteiger partial charge in [-0.25, -0.2) is 14.8 Å². The van der Waals surface area contributed by atoms with Gasteiger partial charge in [0.1, 0.15) is 16.6 Å². The third-order valence-electron chi connectivity index (χ3n) is 5.20. The average Bonchev–Trinajstić information content (AvgIpc) is 3.21. The summed E-state index contributed by atoms with van der Waals surface area (Å²) < 4.78 is 44.1. The third-order valence-corrected chi connectivity index (χ3v) is 5.20. The first-order valence-corrected chi connectivity index (χ1v) is 10.5. The monoisotopic (exact) mass is 459 g/mol. The van der Waals surface area contributed by atoms with Crippen LogP contribution < -0.4 is 5.32 Å². The molecule has 2 aromatic heterocycles. The summed E-state index contributed by atoms with van der Waals surface area (Å²) in [5.41, 5.74) is 0.888. The van der Waals surface area contributed by atoms with E-state index in [1.165, 1.54) is 24.5 Å². The topological polar surface area (TPSA) is 80.2 Å². The molecule has 1 aliphatic heterocycles. The number of halogens is 3. The van der Waals surface area contributed by atoms with Crippen LogP contribution in [0, 0.1) is 0 Å². The van der Waals surface area contributed by atoms with Crippen molar-refractivity contribution >= 4 is 22.9 Å². The maximum Gasteiger partial charge on any atom is 0.416 e. The summed E-state index contributed by atoms with van der Waals surface area (Å²) >= 11 is 0. The van der Waals surface area contributed by atoms with Gasteiger partial charge in [0.2, 0.25) is 0 Å². The molecule has 1 fully saturated rings. The van der Waals surface area contributed by atoms with Gasteiger partial charge in [-0.1, -0.05) is 12.1 Å². The molecule has 0 saturated carbocycles. The van der Waals surface area contributed by atoms with E-state index < -0.39 is 17.3 Å². The number of pyridine rings is 1. The van der Waals surface area contributed by atoms with Crippen molar-refractivity contribution < 1.29 is 22.7 Å². The minimum absolute atomic E-state index is 0.0489. The Kier molecular flexibility index (Phi) is 5.85. The highest BCUT2D eigenvalue weighted by Crippen LogP contribution is 2.33. The zero-order chi connectivity index (χ0) is 23.8. The number of likely N-dealkylation sites (tertiary alicyclic amines) is 1. The molecule has 0 unspecified atom stereocenters. The second-order valence-corrected chi connectivity index (χ2v) is 8.91. The molecule has 174 valence electrons. The first-order chi connectivity index (χ1) is 15.5. The smallest absolute Gasteiger partial charge is 0.416 e. The fourth-order valence-electron chi connectivity index (χ4n) is 3.68. The standard InChI is InChI=1S/C23H24F3N5O2/c1-22(2,3)33-21(32)31-11-8-16(13-31)30-20-19-18(27-9-10-28-19)17(12-29-20)14-4-6-15(7-5-14)23(24,25)26/h4-7,9-10,12,16H,8,11,13H2,1-3H3,(H,29,30)/t16-/m0/s1. The molecule has 0 spiro atoms. The van der Waals surface area contributed by atoms with Crippen LogP contribution in [0.4, 0.5) is 23.8 Å². The van der Waals surface area contributed by atoms with Gasteiger partial charge in [0.05, 0.1) is 5.56 Å². The van der Waals surface area contributed by atoms with Crippen molar-refractivity contribution in [2.45, 2.75) is 45.0 Å². The van der Waals surface area contributed by atoms with Crippen LogP contribution in [0.3, 0.4) is 0 Å². The zero-order valence-corrected chi connectivity index (χ0v) is 18.5. The molecule has 1 N–H and O–H groups in total. The number of anilines is 1. The number of carbonyl (C=O) groups excluding carboxylic acids is 1. The first-order valence-electron chi connectivity index (χ1n) is 10.5. The normalized spacial score (nSPS) is 16.8. The van der Waals surface area contributed by atoms with Gasteiger partial charge in [-0.3, -0.25) is 4.98 Å². The number of nitrogens with zero attached hydrogens (tertiary/aromatic N) is 4. The van der Waals surface area contributed by atoms with Gasteiger partial charge >= 0.3 is 12.3 Å². The summed E-state index contributed by atoms with van der Waals surface area (Å²) in [6, 6.07) is 4.82. The molecule has 0 bridgehead atoms. The number of hydrogen-bond acceptors (Lipinski definition) is 6. The van der Waals surface area contributed by atoms with Crippen molar-refractivity contribution in [2.75, 3.05) is 18.4 Å². The molecular weight excluding hydrogens is 435 g/mol. The van der Waals surface area contributed by atoms with Crippen molar-refractivity contribution in [3.63, 3.8) is 0 Å². The molecule has 1 amide bonds. The maximum absolute atomic E-state index is 12.9. The number of fused-ring (bicyclic) bond motifs is 1. The molecule has 0 aliphatic carbocycles. The minimum Gasteiger partial charge on any atom is -0.444 e. The number of hydrogen-bond donors (Lipinski definition) is 1. The van der Waals surface area contributed by atoms with Crippen LogP contribution in [0.1, 0.15) is 32.8 Å². The number of carbonyl (C=O) groups is 1. The predicted octanol–water partition coefficient (Wildman–Crippen LogP) is 5.13. The fraction of sp³-hybridized carbons (Fsp3) is 0.391. The number of benzene rings is 1. The lowest BCUT2D eigenvalue weighted by atomic mass is 10.0. The summed E-state index contributed by atoms with van der Waals surface area (Å²) in [4.78, 5) is 27.2. The van der Waals surface area contributed by atoms with E-state index >= 15 is 0 Å². The molecule has 1 atom stereocenters. The molecular formula is C23H24F3N5O2. The fourth-order valence-corrected chi connectivity index (χ4v) is 3.68. The highest BCUT2D eigenvalue weighted by atomic mass is 19.4. The van der Waals surface area contributed by atoms with E-state index in [1.807, 2.05) is 20.8 Å². The lowest BCUT2D eigenvalue weighted by Crippen LogP contribution is -2.36. The second-order valence-electron chi connectivity index (χ2n) is 8.91. The SMILES string of the molecule is CC(C)(C)OC(=O)N1CC[C@H](Nc2ncc(-c3ccc(C(F)(F)F)cc3)c3nccnc23)C1. The summed E-state index contributed by atoms with van der Waals surface area (Å²) in [7, 11) is 0. The van der Waals surface area contributed by atoms with E-state index in [1.54, 1.807) is 11.1 Å². The lowest BCUT2D eigenvalue weighted by molar-refractivity contribution is -0.137. The first kappa shape index (κ1) is 22.8. The Morgan fingerprint density at radius 1 is 1.06 bits per heavy atom. The Morgan fingerprint density at radius 2 is 1.73 bits per heavy atom. The van der Waals surface area contributed by atoms with Crippen LogP contribution in [0.2, 0.25) is 0 Å². The van der Waals surface area contributed by atoms with Crippen LogP contribution in [0.25, 0.3) is 22.2 Å². The second kappa shape index (κ2) is 8.49. The Balaban J connectivity index is 1.56. The molecule has 4 rings (SSSR count). The number of ether oxygens (including phenoxy) is 1. The molecule has 33 heavy (non-hydrogen) atoms. The largest absolute Gasteiger partial charge is 0.444 e. The van der Waals surface area contributed by atoms with Crippen molar-refractivity contribution in [1.29, 1.82) is 0 Å². The van der Waals surface area contributed by atoms with E-state index in [4.69, 9.17) is 4.74 Å². The molecule has 1 aromatic carbocycles. The van der Waals surface area contributed by atoms with E-state index in [2.05, 4.69) is 20.3 Å². The maximum atomic E-state index is 12.9. The molecule has 0 radical (unpaired) electrons. The molecule has 3 heterocycles. The molecule has 1 aliphatic rings. The Bertz CT molecular complexity index is 1160. The van der Waals surface area contributed by atoms with Crippen LogP contribution in [-0.4, -0.2) is 50.7 Å². The van der Waals surface area contributed by atoms with Gasteiger partial charge < -0.3 is 15.0 Å². The van der Waals surface area contributed by atoms with Crippen molar-refractivity contribution in [1.82, 2.24) is 19.9 Å². The van der Waals surface area contributed by atoms with Gasteiger partial charge in [-0.05, 0) is 44.9 Å². The zero-order valence-electron chi connectivity index (χ0n) is 18.5. The molecule has 10 heteroatoms. The summed E-state index contributed by atoms with van der Waals surface area (Å²) in [6.45, 7) is 6.48. The quantitative estimate of drug-likeness (QED) is 0.585. The Morgan fingerprint density at radius 3 is 2.36 bits per heavy atom. The van der Waals surface area contributed by atoms with E-state index in [0.29, 0.717) is 47.5 Å². The van der Waals surface area contributed by atoms with Gasteiger partial charge in [0.25, 0.3) is 0 Å². The van der Waals surface area contributed by atoms with Crippen molar-refractivity contribution in [3.05, 3.63) is 48.4 Å². The van der Waals surface area contributed by atoms with E-state index in [-0.39, 0.29) is 12.1 Å². The lowest BCUT2D eigenvalue weighted by Gasteiger charge is -2.24. The number of aromatic nitrogens is 3. The van der Waals surface area contributed by atoms with Gasteiger partial charge in [0, 0.05) is 43.3 Å². The molecule has 7 nitrogen and oxygen atoms in total. The highest BCUT2D eigenvalue weighted by molar-refractivity contribution is 5.96. The van der Waals surface area contributed by atoms with E-state index in [9.17, 15) is 18.0 Å². The van der Waals surface area contributed by atoms with Crippen molar-refractivity contribution in [2.24, 2.45) is 0 Å². The van der Waals surface area contributed by atoms with Crippen molar-refractivity contribution in [3.8, 4) is 11.1 Å². The summed E-state index contributed by atoms with van der Waals surface area (Å²) in [5.74, 6) is 0.504. The van der Waals surface area contributed by atoms with E-state index in [0.717, 1.165) is 12.1 Å². The average molecular weight is 459 g/mol. The summed E-state index contributed by atoms with van der Waals surface area (Å²) in [6.07, 6.45) is 0.585. The van der Waals surface area contributed by atoms with Gasteiger partial charge in [-0.2, -0.15) is 13.2 Å². The summed E-state index contributed by atoms with van der Waals surface area (Å²) in [5, 5.41) is 3.33. The molecule has 1 saturated heterocycles. The number of amides is 1. The number of rotatable bonds is 3. The molecule has 3 aromatic rings. The van der Waals surface area contributed by atoms with Gasteiger partial charge in [-0.15, -0.1) is 0 Å². The van der Waals surface area contributed by atoms with Crippen LogP contribution >= 0.6 is 0 Å². The van der Waals surface area contributed by atoms with Crippen LogP contribution in [-0.2, 0) is 10.9 Å².